The minimum atomic E-state index is 0.387. The van der Waals surface area contributed by atoms with Gasteiger partial charge in [-0.2, -0.15) is 0 Å². The zero-order valence-electron chi connectivity index (χ0n) is 19.1. The first-order valence-electron chi connectivity index (χ1n) is 11.1. The van der Waals surface area contributed by atoms with Gasteiger partial charge in [0.2, 0.25) is 0 Å². The maximum absolute atomic E-state index is 5.42. The lowest BCUT2D eigenvalue weighted by atomic mass is 10.0. The van der Waals surface area contributed by atoms with Crippen LogP contribution in [-0.2, 0) is 6.54 Å². The fourth-order valence-corrected chi connectivity index (χ4v) is 4.27. The highest BCUT2D eigenvalue weighted by atomic mass is 16.5. The second kappa shape index (κ2) is 10.3. The number of benzene rings is 3. The van der Waals surface area contributed by atoms with Gasteiger partial charge in [0.15, 0.2) is 5.96 Å². The van der Waals surface area contributed by atoms with Crippen LogP contribution in [-0.4, -0.2) is 46.4 Å². The Morgan fingerprint density at radius 2 is 1.66 bits per heavy atom. The number of fused-ring (bicyclic) bond motifs is 1. The summed E-state index contributed by atoms with van der Waals surface area (Å²) in [5.74, 6) is 2.48. The molecule has 0 bridgehead atoms. The van der Waals surface area contributed by atoms with Gasteiger partial charge in [-0.15, -0.1) is 0 Å². The monoisotopic (exact) mass is 432 g/mol. The topological polar surface area (TPSA) is 58.1 Å². The van der Waals surface area contributed by atoms with E-state index in [0.29, 0.717) is 6.04 Å². The molecule has 1 aliphatic rings. The van der Waals surface area contributed by atoms with E-state index in [1.807, 2.05) is 13.1 Å². The molecule has 0 aromatic heterocycles. The Bertz CT molecular complexity index is 1050. The van der Waals surface area contributed by atoms with Crippen molar-refractivity contribution >= 4 is 22.4 Å². The lowest BCUT2D eigenvalue weighted by molar-refractivity contribution is 0.393. The number of guanidine groups is 1. The van der Waals surface area contributed by atoms with Crippen LogP contribution in [0.5, 0.6) is 11.5 Å². The largest absolute Gasteiger partial charge is 0.497 e. The van der Waals surface area contributed by atoms with Gasteiger partial charge >= 0.3 is 0 Å². The normalized spacial score (nSPS) is 15.0. The maximum atomic E-state index is 5.42. The fraction of sp³-hybridized carbons (Fsp3) is 0.346. The fourth-order valence-electron chi connectivity index (χ4n) is 4.27. The smallest absolute Gasteiger partial charge is 0.191 e. The molecule has 168 valence electrons. The van der Waals surface area contributed by atoms with E-state index in [0.717, 1.165) is 55.6 Å². The second-order valence-corrected chi connectivity index (χ2v) is 8.04. The molecule has 0 spiro atoms. The van der Waals surface area contributed by atoms with Crippen molar-refractivity contribution < 1.29 is 9.47 Å². The molecule has 0 aliphatic carbocycles. The van der Waals surface area contributed by atoms with E-state index in [2.05, 4.69) is 75.1 Å². The Hall–Kier alpha value is -3.41. The second-order valence-electron chi connectivity index (χ2n) is 8.04. The van der Waals surface area contributed by atoms with E-state index in [9.17, 15) is 0 Å². The van der Waals surface area contributed by atoms with Gasteiger partial charge in [-0.1, -0.05) is 42.5 Å². The zero-order chi connectivity index (χ0) is 22.3. The molecule has 1 saturated heterocycles. The molecular weight excluding hydrogens is 400 g/mol. The number of nitrogens with zero attached hydrogens (tertiary/aromatic N) is 2. The Kier molecular flexibility index (Phi) is 7.00. The number of aliphatic imine (C=N–C) groups is 1. The first-order chi connectivity index (χ1) is 15.7. The summed E-state index contributed by atoms with van der Waals surface area (Å²) in [5, 5.41) is 9.63. The molecule has 1 fully saturated rings. The van der Waals surface area contributed by atoms with Gasteiger partial charge in [0, 0.05) is 56.6 Å². The van der Waals surface area contributed by atoms with Crippen molar-refractivity contribution in [3.05, 3.63) is 66.2 Å². The van der Waals surface area contributed by atoms with Crippen LogP contribution in [0.4, 0.5) is 5.69 Å². The van der Waals surface area contributed by atoms with Crippen LogP contribution in [0.3, 0.4) is 0 Å². The molecule has 6 heteroatoms. The van der Waals surface area contributed by atoms with E-state index in [1.165, 1.54) is 16.3 Å². The highest BCUT2D eigenvalue weighted by molar-refractivity contribution is 5.86. The third-order valence-corrected chi connectivity index (χ3v) is 6.09. The average molecular weight is 433 g/mol. The van der Waals surface area contributed by atoms with Gasteiger partial charge in [-0.05, 0) is 29.2 Å². The summed E-state index contributed by atoms with van der Waals surface area (Å²) in [5.41, 5.74) is 2.41. The quantitative estimate of drug-likeness (QED) is 0.452. The molecule has 2 N–H and O–H groups in total. The van der Waals surface area contributed by atoms with Crippen LogP contribution in [0.2, 0.25) is 0 Å². The number of rotatable bonds is 6. The summed E-state index contributed by atoms with van der Waals surface area (Å²) in [4.78, 5) is 6.83. The Balaban J connectivity index is 1.33. The van der Waals surface area contributed by atoms with E-state index < -0.39 is 0 Å². The summed E-state index contributed by atoms with van der Waals surface area (Å²) in [7, 11) is 5.20. The molecule has 3 aromatic rings. The standard InChI is InChI=1S/C26H32N4O2/c1-27-26(28-18-20-9-6-8-19-7-4-5-10-25(19)20)29-21-11-13-30(14-12-21)22-15-23(31-2)17-24(16-22)32-3/h4-10,15-17,21H,11-14,18H2,1-3H3,(H2,27,28,29). The van der Waals surface area contributed by atoms with Gasteiger partial charge in [-0.3, -0.25) is 4.99 Å². The van der Waals surface area contributed by atoms with Crippen molar-refractivity contribution in [1.82, 2.24) is 10.6 Å². The molecule has 0 atom stereocenters. The van der Waals surface area contributed by atoms with Crippen molar-refractivity contribution in [2.75, 3.05) is 39.3 Å². The summed E-state index contributed by atoms with van der Waals surface area (Å²) >= 11 is 0. The molecule has 3 aromatic carbocycles. The van der Waals surface area contributed by atoms with Gasteiger partial charge in [0.25, 0.3) is 0 Å². The minimum absolute atomic E-state index is 0.387. The summed E-state index contributed by atoms with van der Waals surface area (Å²) < 4.78 is 10.8. The number of hydrogen-bond donors (Lipinski definition) is 2. The molecule has 32 heavy (non-hydrogen) atoms. The number of nitrogens with one attached hydrogen (secondary N) is 2. The predicted molar refractivity (Wildman–Crippen MR) is 132 cm³/mol. The van der Waals surface area contributed by atoms with E-state index in [1.54, 1.807) is 14.2 Å². The molecule has 6 nitrogen and oxygen atoms in total. The number of piperidine rings is 1. The lowest BCUT2D eigenvalue weighted by Crippen LogP contribution is -2.48. The molecule has 0 unspecified atom stereocenters. The first-order valence-corrected chi connectivity index (χ1v) is 11.1. The highest BCUT2D eigenvalue weighted by Gasteiger charge is 2.21. The Morgan fingerprint density at radius 3 is 2.34 bits per heavy atom. The molecule has 0 radical (unpaired) electrons. The Labute approximate surface area is 190 Å². The summed E-state index contributed by atoms with van der Waals surface area (Å²) in [6.45, 7) is 2.67. The number of hydrogen-bond acceptors (Lipinski definition) is 4. The maximum Gasteiger partial charge on any atom is 0.191 e. The highest BCUT2D eigenvalue weighted by Crippen LogP contribution is 2.30. The zero-order valence-corrected chi connectivity index (χ0v) is 19.1. The van der Waals surface area contributed by atoms with Crippen molar-refractivity contribution in [3.8, 4) is 11.5 Å². The molecule has 4 rings (SSSR count). The van der Waals surface area contributed by atoms with Crippen LogP contribution in [0.1, 0.15) is 18.4 Å². The average Bonchev–Trinajstić information content (AvgIpc) is 2.86. The van der Waals surface area contributed by atoms with Crippen molar-refractivity contribution in [2.24, 2.45) is 4.99 Å². The number of ether oxygens (including phenoxy) is 2. The van der Waals surface area contributed by atoms with E-state index in [4.69, 9.17) is 9.47 Å². The summed E-state index contributed by atoms with van der Waals surface area (Å²) in [6, 6.07) is 21.4. The van der Waals surface area contributed by atoms with Crippen LogP contribution in [0.25, 0.3) is 10.8 Å². The molecular formula is C26H32N4O2. The van der Waals surface area contributed by atoms with Gasteiger partial charge in [0.05, 0.1) is 14.2 Å². The van der Waals surface area contributed by atoms with Crippen LogP contribution in [0, 0.1) is 0 Å². The first kappa shape index (κ1) is 21.8. The molecule has 0 amide bonds. The molecule has 0 saturated carbocycles. The molecule has 1 aliphatic heterocycles. The van der Waals surface area contributed by atoms with E-state index in [-0.39, 0.29) is 0 Å². The van der Waals surface area contributed by atoms with Crippen molar-refractivity contribution in [1.29, 1.82) is 0 Å². The lowest BCUT2D eigenvalue weighted by Gasteiger charge is -2.34. The van der Waals surface area contributed by atoms with Crippen LogP contribution >= 0.6 is 0 Å². The SMILES string of the molecule is CN=C(NCc1cccc2ccccc12)NC1CCN(c2cc(OC)cc(OC)c2)CC1. The molecule has 1 heterocycles. The van der Waals surface area contributed by atoms with Crippen LogP contribution < -0.4 is 25.0 Å². The third kappa shape index (κ3) is 5.07. The van der Waals surface area contributed by atoms with Gasteiger partial charge in [0.1, 0.15) is 11.5 Å². The van der Waals surface area contributed by atoms with E-state index >= 15 is 0 Å². The number of anilines is 1. The predicted octanol–water partition coefficient (Wildman–Crippen LogP) is 4.19. The third-order valence-electron chi connectivity index (χ3n) is 6.09. The van der Waals surface area contributed by atoms with Gasteiger partial charge in [-0.25, -0.2) is 0 Å². The number of methoxy groups -OCH3 is 2. The minimum Gasteiger partial charge on any atom is -0.497 e. The Morgan fingerprint density at radius 1 is 0.969 bits per heavy atom. The van der Waals surface area contributed by atoms with Crippen molar-refractivity contribution in [3.63, 3.8) is 0 Å². The summed E-state index contributed by atoms with van der Waals surface area (Å²) in [6.07, 6.45) is 2.07. The van der Waals surface area contributed by atoms with Crippen LogP contribution in [0.15, 0.2) is 65.7 Å². The van der Waals surface area contributed by atoms with Gasteiger partial charge < -0.3 is 25.0 Å². The van der Waals surface area contributed by atoms with Crippen molar-refractivity contribution in [2.45, 2.75) is 25.4 Å².